The molecule has 80 valence electrons. The van der Waals surface area contributed by atoms with Crippen molar-refractivity contribution in [3.05, 3.63) is 22.2 Å². The van der Waals surface area contributed by atoms with E-state index >= 15 is 0 Å². The minimum atomic E-state index is -0.417. The van der Waals surface area contributed by atoms with Crippen LogP contribution in [0.5, 0.6) is 0 Å². The van der Waals surface area contributed by atoms with Gasteiger partial charge in [-0.1, -0.05) is 0 Å². The average molecular weight is 208 g/mol. The highest BCUT2D eigenvalue weighted by atomic mass is 16.6. The molecule has 1 saturated heterocycles. The molecule has 1 aliphatic heterocycles. The lowest BCUT2D eigenvalue weighted by molar-refractivity contribution is -0.384. The van der Waals surface area contributed by atoms with Gasteiger partial charge in [-0.3, -0.25) is 10.1 Å². The molecule has 1 aliphatic rings. The molecule has 1 aromatic heterocycles. The van der Waals surface area contributed by atoms with Crippen molar-refractivity contribution in [2.24, 2.45) is 0 Å². The minimum absolute atomic E-state index is 0.0334. The first-order valence-corrected chi connectivity index (χ1v) is 4.84. The summed E-state index contributed by atoms with van der Waals surface area (Å²) in [7, 11) is 0. The minimum Gasteiger partial charge on any atom is -0.384 e. The molecule has 0 bridgehead atoms. The summed E-state index contributed by atoms with van der Waals surface area (Å²) >= 11 is 0. The maximum Gasteiger partial charge on any atom is 0.311 e. The lowest BCUT2D eigenvalue weighted by Gasteiger charge is -2.15. The van der Waals surface area contributed by atoms with Crippen LogP contribution in [0.4, 0.5) is 17.3 Å². The molecule has 0 spiro atoms. The molecule has 2 heterocycles. The third-order valence-electron chi connectivity index (χ3n) is 2.48. The maximum atomic E-state index is 10.8. The topological polar surface area (TPSA) is 85.3 Å². The third kappa shape index (κ3) is 1.83. The van der Waals surface area contributed by atoms with E-state index in [1.165, 1.54) is 12.1 Å². The van der Waals surface area contributed by atoms with Crippen LogP contribution < -0.4 is 10.6 Å². The van der Waals surface area contributed by atoms with E-state index < -0.39 is 4.92 Å². The quantitative estimate of drug-likeness (QED) is 0.582. The normalized spacial score (nSPS) is 15.6. The molecule has 6 heteroatoms. The van der Waals surface area contributed by atoms with Gasteiger partial charge in [0.25, 0.3) is 0 Å². The lowest BCUT2D eigenvalue weighted by Crippen LogP contribution is -2.20. The molecule has 1 fully saturated rings. The predicted octanol–water partition coefficient (Wildman–Crippen LogP) is 1.17. The molecule has 0 atom stereocenters. The Morgan fingerprint density at radius 2 is 2.07 bits per heavy atom. The van der Waals surface area contributed by atoms with Crippen LogP contribution in [-0.2, 0) is 0 Å². The first-order chi connectivity index (χ1) is 7.18. The van der Waals surface area contributed by atoms with Gasteiger partial charge in [0.2, 0.25) is 5.82 Å². The number of aromatic nitrogens is 1. The van der Waals surface area contributed by atoms with Gasteiger partial charge in [-0.2, -0.15) is 0 Å². The van der Waals surface area contributed by atoms with Crippen molar-refractivity contribution in [1.29, 1.82) is 0 Å². The summed E-state index contributed by atoms with van der Waals surface area (Å²) in [6.07, 6.45) is 2.10. The molecule has 0 radical (unpaired) electrons. The van der Waals surface area contributed by atoms with Crippen molar-refractivity contribution in [2.45, 2.75) is 12.8 Å². The number of hydrogen-bond acceptors (Lipinski definition) is 5. The smallest absolute Gasteiger partial charge is 0.311 e. The zero-order valence-electron chi connectivity index (χ0n) is 8.22. The van der Waals surface area contributed by atoms with E-state index in [9.17, 15) is 10.1 Å². The van der Waals surface area contributed by atoms with Crippen molar-refractivity contribution in [1.82, 2.24) is 4.98 Å². The van der Waals surface area contributed by atoms with Gasteiger partial charge in [0.1, 0.15) is 5.82 Å². The van der Waals surface area contributed by atoms with E-state index in [0.717, 1.165) is 25.9 Å². The number of nitro groups is 1. The average Bonchev–Trinajstić information content (AvgIpc) is 2.69. The van der Waals surface area contributed by atoms with Gasteiger partial charge < -0.3 is 10.6 Å². The molecule has 0 aliphatic carbocycles. The fraction of sp³-hybridized carbons (Fsp3) is 0.444. The second-order valence-corrected chi connectivity index (χ2v) is 3.53. The number of rotatable bonds is 2. The van der Waals surface area contributed by atoms with Crippen LogP contribution in [0, 0.1) is 10.1 Å². The van der Waals surface area contributed by atoms with Crippen molar-refractivity contribution in [3.63, 3.8) is 0 Å². The van der Waals surface area contributed by atoms with Crippen molar-refractivity contribution < 1.29 is 4.92 Å². The van der Waals surface area contributed by atoms with Crippen LogP contribution in [0.3, 0.4) is 0 Å². The van der Waals surface area contributed by atoms with Crippen LogP contribution >= 0.6 is 0 Å². The van der Waals surface area contributed by atoms with E-state index in [0.29, 0.717) is 11.6 Å². The summed E-state index contributed by atoms with van der Waals surface area (Å²) in [6.45, 7) is 1.63. The highest BCUT2D eigenvalue weighted by molar-refractivity contribution is 5.61. The summed E-state index contributed by atoms with van der Waals surface area (Å²) in [4.78, 5) is 16.3. The monoisotopic (exact) mass is 208 g/mol. The first kappa shape index (κ1) is 9.70. The summed E-state index contributed by atoms with van der Waals surface area (Å²) in [5, 5.41) is 10.8. The molecule has 2 N–H and O–H groups in total. The number of nitrogens with zero attached hydrogens (tertiary/aromatic N) is 3. The van der Waals surface area contributed by atoms with E-state index in [1.54, 1.807) is 0 Å². The van der Waals surface area contributed by atoms with E-state index in [4.69, 9.17) is 5.73 Å². The van der Waals surface area contributed by atoms with E-state index in [1.807, 2.05) is 4.90 Å². The number of pyridine rings is 1. The highest BCUT2D eigenvalue weighted by Crippen LogP contribution is 2.29. The molecule has 0 unspecified atom stereocenters. The molecule has 15 heavy (non-hydrogen) atoms. The summed E-state index contributed by atoms with van der Waals surface area (Å²) in [6, 6.07) is 2.87. The standard InChI is InChI=1S/C9H12N4O2/c10-8-4-3-7(13(14)15)9(11-8)12-5-1-2-6-12/h3-4H,1-2,5-6H2,(H2,10,11). The Kier molecular flexibility index (Phi) is 2.40. The van der Waals surface area contributed by atoms with Gasteiger partial charge in [0, 0.05) is 19.2 Å². The lowest BCUT2D eigenvalue weighted by atomic mass is 10.3. The number of nitrogen functional groups attached to an aromatic ring is 1. The Morgan fingerprint density at radius 3 is 2.67 bits per heavy atom. The predicted molar refractivity (Wildman–Crippen MR) is 56.8 cm³/mol. The van der Waals surface area contributed by atoms with Gasteiger partial charge >= 0.3 is 5.69 Å². The van der Waals surface area contributed by atoms with Crippen LogP contribution in [-0.4, -0.2) is 23.0 Å². The maximum absolute atomic E-state index is 10.8. The summed E-state index contributed by atoms with van der Waals surface area (Å²) < 4.78 is 0. The zero-order chi connectivity index (χ0) is 10.8. The first-order valence-electron chi connectivity index (χ1n) is 4.84. The molecule has 0 saturated carbocycles. The van der Waals surface area contributed by atoms with Gasteiger partial charge in [0.05, 0.1) is 4.92 Å². The van der Waals surface area contributed by atoms with Gasteiger partial charge in [0.15, 0.2) is 0 Å². The SMILES string of the molecule is Nc1ccc([N+](=O)[O-])c(N2CCCC2)n1. The van der Waals surface area contributed by atoms with Gasteiger partial charge in [-0.25, -0.2) is 4.98 Å². The largest absolute Gasteiger partial charge is 0.384 e. The Balaban J connectivity index is 2.41. The molecule has 6 nitrogen and oxygen atoms in total. The Hall–Kier alpha value is -1.85. The molecular formula is C9H12N4O2. The Morgan fingerprint density at radius 1 is 1.40 bits per heavy atom. The van der Waals surface area contributed by atoms with Crippen LogP contribution in [0.1, 0.15) is 12.8 Å². The van der Waals surface area contributed by atoms with Crippen LogP contribution in [0.15, 0.2) is 12.1 Å². The number of anilines is 2. The number of hydrogen-bond donors (Lipinski definition) is 1. The van der Waals surface area contributed by atoms with Crippen molar-refractivity contribution >= 4 is 17.3 Å². The fourth-order valence-corrected chi connectivity index (χ4v) is 1.76. The van der Waals surface area contributed by atoms with E-state index in [2.05, 4.69) is 4.98 Å². The Bertz CT molecular complexity index is 388. The highest BCUT2D eigenvalue weighted by Gasteiger charge is 2.23. The number of nitrogens with two attached hydrogens (primary N) is 1. The fourth-order valence-electron chi connectivity index (χ4n) is 1.76. The van der Waals surface area contributed by atoms with Gasteiger partial charge in [-0.05, 0) is 18.9 Å². The zero-order valence-corrected chi connectivity index (χ0v) is 8.22. The van der Waals surface area contributed by atoms with E-state index in [-0.39, 0.29) is 5.69 Å². The molecular weight excluding hydrogens is 196 g/mol. The molecule has 2 rings (SSSR count). The second-order valence-electron chi connectivity index (χ2n) is 3.53. The molecule has 1 aromatic rings. The Labute approximate surface area is 86.9 Å². The van der Waals surface area contributed by atoms with Crippen LogP contribution in [0.2, 0.25) is 0 Å². The van der Waals surface area contributed by atoms with Crippen molar-refractivity contribution in [2.75, 3.05) is 23.7 Å². The molecule has 0 aromatic carbocycles. The molecule has 0 amide bonds. The third-order valence-corrected chi connectivity index (χ3v) is 2.48. The second kappa shape index (κ2) is 3.72. The van der Waals surface area contributed by atoms with Crippen LogP contribution in [0.25, 0.3) is 0 Å². The van der Waals surface area contributed by atoms with Crippen molar-refractivity contribution in [3.8, 4) is 0 Å². The van der Waals surface area contributed by atoms with Gasteiger partial charge in [-0.15, -0.1) is 0 Å². The summed E-state index contributed by atoms with van der Waals surface area (Å²) in [5.41, 5.74) is 5.57. The summed E-state index contributed by atoms with van der Waals surface area (Å²) in [5.74, 6) is 0.722.